The van der Waals surface area contributed by atoms with E-state index in [1.165, 1.54) is 17.1 Å². The summed E-state index contributed by atoms with van der Waals surface area (Å²) in [5, 5.41) is 24.7. The second kappa shape index (κ2) is 7.59. The number of para-hydroxylation sites is 2. The van der Waals surface area contributed by atoms with Crippen LogP contribution >= 0.6 is 0 Å². The molecular formula is C15H20N4O4. The van der Waals surface area contributed by atoms with Crippen LogP contribution in [0.5, 0.6) is 5.75 Å². The van der Waals surface area contributed by atoms with Gasteiger partial charge in [-0.25, -0.2) is 0 Å². The van der Waals surface area contributed by atoms with E-state index in [-0.39, 0.29) is 12.2 Å². The van der Waals surface area contributed by atoms with Crippen molar-refractivity contribution in [2.24, 2.45) is 0 Å². The average molecular weight is 320 g/mol. The topological polar surface area (TPSA) is 93.7 Å². The number of aliphatic hydroxyl groups excluding tert-OH is 1. The number of anilines is 1. The molecule has 1 aromatic carbocycles. The average Bonchev–Trinajstić information content (AvgIpc) is 2.96. The van der Waals surface area contributed by atoms with E-state index in [1.807, 2.05) is 43.1 Å². The molecule has 2 aromatic rings. The van der Waals surface area contributed by atoms with Gasteiger partial charge in [0, 0.05) is 13.6 Å². The molecule has 0 aliphatic carbocycles. The first-order chi connectivity index (χ1) is 11.0. The fraction of sp³-hybridized carbons (Fsp3) is 0.400. The highest BCUT2D eigenvalue weighted by atomic mass is 16.6. The highest BCUT2D eigenvalue weighted by Gasteiger charge is 2.15. The van der Waals surface area contributed by atoms with E-state index in [0.29, 0.717) is 13.2 Å². The van der Waals surface area contributed by atoms with Crippen LogP contribution in [0.1, 0.15) is 6.92 Å². The Labute approximate surface area is 134 Å². The van der Waals surface area contributed by atoms with E-state index in [0.717, 1.165) is 11.4 Å². The molecule has 0 aliphatic heterocycles. The summed E-state index contributed by atoms with van der Waals surface area (Å²) >= 11 is 0. The number of aliphatic hydroxyl groups is 1. The van der Waals surface area contributed by atoms with E-state index >= 15 is 0 Å². The van der Waals surface area contributed by atoms with Crippen LogP contribution in [-0.4, -0.2) is 46.1 Å². The maximum Gasteiger partial charge on any atom is 0.306 e. The van der Waals surface area contributed by atoms with Crippen LogP contribution in [0.2, 0.25) is 0 Å². The number of ether oxygens (including phenoxy) is 1. The van der Waals surface area contributed by atoms with Crippen molar-refractivity contribution >= 4 is 11.4 Å². The predicted octanol–water partition coefficient (Wildman–Crippen LogP) is 1.69. The van der Waals surface area contributed by atoms with Gasteiger partial charge in [-0.15, -0.1) is 0 Å². The number of hydrogen-bond acceptors (Lipinski definition) is 6. The number of nitro groups is 1. The number of rotatable bonds is 8. The van der Waals surface area contributed by atoms with Crippen molar-refractivity contribution < 1.29 is 14.8 Å². The number of benzene rings is 1. The molecule has 0 saturated heterocycles. The van der Waals surface area contributed by atoms with Crippen molar-refractivity contribution in [2.45, 2.75) is 19.6 Å². The lowest BCUT2D eigenvalue weighted by Gasteiger charge is -2.24. The van der Waals surface area contributed by atoms with Gasteiger partial charge in [0.05, 0.1) is 29.9 Å². The smallest absolute Gasteiger partial charge is 0.306 e. The maximum atomic E-state index is 10.6. The number of nitrogens with zero attached hydrogens (tertiary/aromatic N) is 4. The van der Waals surface area contributed by atoms with Crippen LogP contribution in [-0.2, 0) is 6.54 Å². The monoisotopic (exact) mass is 320 g/mol. The highest BCUT2D eigenvalue weighted by Crippen LogP contribution is 2.27. The Hall–Kier alpha value is -2.61. The quantitative estimate of drug-likeness (QED) is 0.587. The summed E-state index contributed by atoms with van der Waals surface area (Å²) in [6.07, 6.45) is 1.74. The van der Waals surface area contributed by atoms with Gasteiger partial charge in [-0.2, -0.15) is 5.10 Å². The van der Waals surface area contributed by atoms with Gasteiger partial charge in [-0.3, -0.25) is 14.8 Å². The molecule has 8 nitrogen and oxygen atoms in total. The SMILES string of the molecule is CCOc1ccccc1N(C)CC(O)Cn1cc([N+](=O)[O-])cn1. The highest BCUT2D eigenvalue weighted by molar-refractivity contribution is 5.57. The first kappa shape index (κ1) is 16.8. The zero-order valence-corrected chi connectivity index (χ0v) is 13.1. The van der Waals surface area contributed by atoms with E-state index in [4.69, 9.17) is 4.74 Å². The number of hydrogen-bond donors (Lipinski definition) is 1. The van der Waals surface area contributed by atoms with Crippen LogP contribution < -0.4 is 9.64 Å². The Morgan fingerprint density at radius 2 is 2.22 bits per heavy atom. The molecular weight excluding hydrogens is 300 g/mol. The lowest BCUT2D eigenvalue weighted by atomic mass is 10.2. The minimum atomic E-state index is -0.728. The predicted molar refractivity (Wildman–Crippen MR) is 85.8 cm³/mol. The van der Waals surface area contributed by atoms with E-state index in [1.54, 1.807) is 0 Å². The molecule has 8 heteroatoms. The summed E-state index contributed by atoms with van der Waals surface area (Å²) < 4.78 is 6.94. The molecule has 0 fully saturated rings. The Kier molecular flexibility index (Phi) is 5.53. The van der Waals surface area contributed by atoms with Crippen molar-refractivity contribution in [3.05, 3.63) is 46.8 Å². The third-order valence-corrected chi connectivity index (χ3v) is 3.29. The van der Waals surface area contributed by atoms with Crippen molar-refractivity contribution in [3.63, 3.8) is 0 Å². The van der Waals surface area contributed by atoms with Gasteiger partial charge >= 0.3 is 5.69 Å². The van der Waals surface area contributed by atoms with Gasteiger partial charge in [-0.05, 0) is 19.1 Å². The molecule has 0 radical (unpaired) electrons. The lowest BCUT2D eigenvalue weighted by Crippen LogP contribution is -2.32. The lowest BCUT2D eigenvalue weighted by molar-refractivity contribution is -0.385. The molecule has 0 amide bonds. The summed E-state index contributed by atoms with van der Waals surface area (Å²) in [6, 6.07) is 7.58. The largest absolute Gasteiger partial charge is 0.492 e. The Morgan fingerprint density at radius 3 is 2.87 bits per heavy atom. The van der Waals surface area contributed by atoms with Gasteiger partial charge in [0.25, 0.3) is 0 Å². The first-order valence-electron chi connectivity index (χ1n) is 7.29. The number of likely N-dealkylation sites (N-methyl/N-ethyl adjacent to an activating group) is 1. The van der Waals surface area contributed by atoms with Crippen molar-refractivity contribution in [2.75, 3.05) is 25.1 Å². The molecule has 23 heavy (non-hydrogen) atoms. The fourth-order valence-electron chi connectivity index (χ4n) is 2.28. The molecule has 1 unspecified atom stereocenters. The maximum absolute atomic E-state index is 10.6. The summed E-state index contributed by atoms with van der Waals surface area (Å²) in [5.41, 5.74) is 0.784. The third-order valence-electron chi connectivity index (χ3n) is 3.29. The standard InChI is InChI=1S/C15H20N4O4/c1-3-23-15-7-5-4-6-14(15)17(2)10-13(20)11-18-9-12(8-16-18)19(21)22/h4-9,13,20H,3,10-11H2,1-2H3. The summed E-state index contributed by atoms with van der Waals surface area (Å²) in [5.74, 6) is 0.749. The van der Waals surface area contributed by atoms with E-state index in [9.17, 15) is 15.2 Å². The molecule has 2 rings (SSSR count). The first-order valence-corrected chi connectivity index (χ1v) is 7.29. The molecule has 0 bridgehead atoms. The van der Waals surface area contributed by atoms with Gasteiger partial charge in [0.2, 0.25) is 0 Å². The number of aromatic nitrogens is 2. The Bertz CT molecular complexity index is 658. The normalized spacial score (nSPS) is 12.0. The van der Waals surface area contributed by atoms with E-state index < -0.39 is 11.0 Å². The van der Waals surface area contributed by atoms with Crippen molar-refractivity contribution in [1.82, 2.24) is 9.78 Å². The summed E-state index contributed by atoms with van der Waals surface area (Å²) in [4.78, 5) is 12.0. The minimum absolute atomic E-state index is 0.0905. The fourth-order valence-corrected chi connectivity index (χ4v) is 2.28. The Balaban J connectivity index is 1.99. The van der Waals surface area contributed by atoms with Crippen LogP contribution in [0, 0.1) is 10.1 Å². The van der Waals surface area contributed by atoms with Crippen LogP contribution in [0.15, 0.2) is 36.7 Å². The Morgan fingerprint density at radius 1 is 1.48 bits per heavy atom. The molecule has 1 heterocycles. The molecule has 0 aliphatic rings. The zero-order valence-electron chi connectivity index (χ0n) is 13.1. The zero-order chi connectivity index (χ0) is 16.8. The summed E-state index contributed by atoms with van der Waals surface area (Å²) in [6.45, 7) is 2.99. The molecule has 1 atom stereocenters. The minimum Gasteiger partial charge on any atom is -0.492 e. The second-order valence-corrected chi connectivity index (χ2v) is 5.11. The van der Waals surface area contributed by atoms with Gasteiger partial charge in [0.15, 0.2) is 0 Å². The van der Waals surface area contributed by atoms with Crippen LogP contribution in [0.3, 0.4) is 0 Å². The van der Waals surface area contributed by atoms with Gasteiger partial charge in [-0.1, -0.05) is 12.1 Å². The van der Waals surface area contributed by atoms with Crippen molar-refractivity contribution in [3.8, 4) is 5.75 Å². The van der Waals surface area contributed by atoms with Gasteiger partial charge in [0.1, 0.15) is 18.1 Å². The molecule has 0 saturated carbocycles. The third kappa shape index (κ3) is 4.43. The molecule has 124 valence electrons. The van der Waals surface area contributed by atoms with Crippen molar-refractivity contribution in [1.29, 1.82) is 0 Å². The van der Waals surface area contributed by atoms with Gasteiger partial charge < -0.3 is 14.7 Å². The molecule has 0 spiro atoms. The molecule has 1 aromatic heterocycles. The van der Waals surface area contributed by atoms with Crippen LogP contribution in [0.25, 0.3) is 0 Å². The van der Waals surface area contributed by atoms with Crippen LogP contribution in [0.4, 0.5) is 11.4 Å². The second-order valence-electron chi connectivity index (χ2n) is 5.11. The summed E-state index contributed by atoms with van der Waals surface area (Å²) in [7, 11) is 1.85. The van der Waals surface area contributed by atoms with E-state index in [2.05, 4.69) is 5.10 Å². The molecule has 1 N–H and O–H groups in total.